The highest BCUT2D eigenvalue weighted by atomic mass is 16.2. The topological polar surface area (TPSA) is 41.1 Å². The van der Waals surface area contributed by atoms with Crippen LogP contribution in [0.5, 0.6) is 0 Å². The fraction of sp³-hybridized carbons (Fsp3) is 0.462. The van der Waals surface area contributed by atoms with Crippen LogP contribution in [0.4, 0.5) is 0 Å². The van der Waals surface area contributed by atoms with E-state index in [0.717, 1.165) is 5.56 Å². The smallest absolute Gasteiger partial charge is 0.241 e. The number of rotatable bonds is 3. The molecular weight excluding hydrogens is 200 g/mol. The van der Waals surface area contributed by atoms with E-state index in [1.807, 2.05) is 13.0 Å². The van der Waals surface area contributed by atoms with E-state index < -0.39 is 0 Å². The predicted octanol–water partition coefficient (Wildman–Crippen LogP) is 1.97. The number of benzene rings is 1. The van der Waals surface area contributed by atoms with Gasteiger partial charge in [-0.05, 0) is 49.9 Å². The second-order valence-corrected chi connectivity index (χ2v) is 4.18. The largest absolute Gasteiger partial charge is 0.291 e. The van der Waals surface area contributed by atoms with Crippen LogP contribution in [0.1, 0.15) is 35.1 Å². The summed E-state index contributed by atoms with van der Waals surface area (Å²) in [6.07, 6.45) is 0. The van der Waals surface area contributed by atoms with Crippen molar-refractivity contribution >= 4 is 5.91 Å². The average Bonchev–Trinajstić information content (AvgIpc) is 2.26. The molecule has 0 aliphatic carbocycles. The van der Waals surface area contributed by atoms with Crippen LogP contribution in [0.15, 0.2) is 12.1 Å². The molecule has 1 rings (SSSR count). The van der Waals surface area contributed by atoms with Crippen molar-refractivity contribution in [1.82, 2.24) is 10.9 Å². The molecule has 0 radical (unpaired) electrons. The van der Waals surface area contributed by atoms with Crippen LogP contribution in [0.2, 0.25) is 0 Å². The van der Waals surface area contributed by atoms with Gasteiger partial charge in [0.2, 0.25) is 5.91 Å². The van der Waals surface area contributed by atoms with Crippen LogP contribution in [-0.2, 0) is 4.79 Å². The summed E-state index contributed by atoms with van der Waals surface area (Å²) < 4.78 is 0. The van der Waals surface area contributed by atoms with E-state index in [4.69, 9.17) is 0 Å². The molecule has 0 aromatic heterocycles. The van der Waals surface area contributed by atoms with Crippen molar-refractivity contribution in [3.8, 4) is 0 Å². The van der Waals surface area contributed by atoms with Gasteiger partial charge < -0.3 is 0 Å². The zero-order valence-electron chi connectivity index (χ0n) is 10.6. The van der Waals surface area contributed by atoms with E-state index in [0.29, 0.717) is 0 Å². The molecule has 0 aliphatic rings. The van der Waals surface area contributed by atoms with E-state index in [-0.39, 0.29) is 11.8 Å². The van der Waals surface area contributed by atoms with Gasteiger partial charge in [0, 0.05) is 7.05 Å². The molecule has 0 fully saturated rings. The van der Waals surface area contributed by atoms with Crippen molar-refractivity contribution in [2.24, 2.45) is 0 Å². The first-order valence-corrected chi connectivity index (χ1v) is 5.52. The first-order chi connectivity index (χ1) is 7.49. The average molecular weight is 220 g/mol. The number of carbonyl (C=O) groups is 1. The molecule has 3 heteroatoms. The fourth-order valence-corrected chi connectivity index (χ4v) is 1.82. The van der Waals surface area contributed by atoms with Gasteiger partial charge in [-0.1, -0.05) is 12.1 Å². The summed E-state index contributed by atoms with van der Waals surface area (Å²) in [4.78, 5) is 11.7. The Morgan fingerprint density at radius 2 is 1.81 bits per heavy atom. The molecule has 0 saturated carbocycles. The lowest BCUT2D eigenvalue weighted by atomic mass is 9.91. The molecule has 1 amide bonds. The highest BCUT2D eigenvalue weighted by molar-refractivity contribution is 5.83. The van der Waals surface area contributed by atoms with Crippen molar-refractivity contribution in [1.29, 1.82) is 0 Å². The highest BCUT2D eigenvalue weighted by Crippen LogP contribution is 2.24. The zero-order valence-corrected chi connectivity index (χ0v) is 10.6. The molecule has 1 unspecified atom stereocenters. The number of amides is 1. The second kappa shape index (κ2) is 5.12. The summed E-state index contributed by atoms with van der Waals surface area (Å²) in [6.45, 7) is 8.17. The van der Waals surface area contributed by atoms with Gasteiger partial charge in [0.05, 0.1) is 5.92 Å². The Hall–Kier alpha value is -1.35. The summed E-state index contributed by atoms with van der Waals surface area (Å²) in [6, 6.07) is 4.11. The molecule has 0 aliphatic heterocycles. The molecule has 2 N–H and O–H groups in total. The molecule has 1 atom stereocenters. The third kappa shape index (κ3) is 2.42. The first-order valence-electron chi connectivity index (χ1n) is 5.52. The number of hydrogen-bond acceptors (Lipinski definition) is 2. The maximum absolute atomic E-state index is 11.7. The lowest BCUT2D eigenvalue weighted by Gasteiger charge is -2.17. The summed E-state index contributed by atoms with van der Waals surface area (Å²) in [5.41, 5.74) is 10.1. The highest BCUT2D eigenvalue weighted by Gasteiger charge is 2.17. The Kier molecular flexibility index (Phi) is 4.07. The Bertz CT molecular complexity index is 399. The molecule has 0 spiro atoms. The monoisotopic (exact) mass is 220 g/mol. The number of hydrogen-bond donors (Lipinski definition) is 2. The maximum atomic E-state index is 11.7. The van der Waals surface area contributed by atoms with Gasteiger partial charge in [-0.25, -0.2) is 5.43 Å². The third-order valence-electron chi connectivity index (χ3n) is 3.21. The number of aryl methyl sites for hydroxylation is 1. The van der Waals surface area contributed by atoms with Crippen molar-refractivity contribution in [2.75, 3.05) is 7.05 Å². The normalized spacial score (nSPS) is 12.3. The van der Waals surface area contributed by atoms with Gasteiger partial charge in [-0.2, -0.15) is 0 Å². The Morgan fingerprint density at radius 1 is 1.19 bits per heavy atom. The lowest BCUT2D eigenvalue weighted by Crippen LogP contribution is -2.37. The first kappa shape index (κ1) is 12.7. The molecule has 3 nitrogen and oxygen atoms in total. The molecular formula is C13H20N2O. The van der Waals surface area contributed by atoms with Gasteiger partial charge in [0.25, 0.3) is 0 Å². The van der Waals surface area contributed by atoms with E-state index in [1.165, 1.54) is 16.7 Å². The van der Waals surface area contributed by atoms with Crippen LogP contribution in [0.3, 0.4) is 0 Å². The molecule has 0 bridgehead atoms. The van der Waals surface area contributed by atoms with Gasteiger partial charge in [0.15, 0.2) is 0 Å². The molecule has 0 saturated heterocycles. The molecule has 88 valence electrons. The van der Waals surface area contributed by atoms with Crippen LogP contribution >= 0.6 is 0 Å². The Balaban J connectivity index is 3.05. The minimum atomic E-state index is -0.133. The van der Waals surface area contributed by atoms with Crippen LogP contribution in [0, 0.1) is 20.8 Å². The van der Waals surface area contributed by atoms with Crippen molar-refractivity contribution in [3.05, 3.63) is 34.4 Å². The fourth-order valence-electron chi connectivity index (χ4n) is 1.82. The number of carbonyl (C=O) groups excluding carboxylic acids is 1. The summed E-state index contributed by atoms with van der Waals surface area (Å²) in [5.74, 6) is -0.138. The van der Waals surface area contributed by atoms with Crippen molar-refractivity contribution in [3.63, 3.8) is 0 Å². The minimum absolute atomic E-state index is 0.00569. The summed E-state index contributed by atoms with van der Waals surface area (Å²) in [7, 11) is 1.69. The predicted molar refractivity (Wildman–Crippen MR) is 66.3 cm³/mol. The van der Waals surface area contributed by atoms with Crippen molar-refractivity contribution < 1.29 is 4.79 Å². The Morgan fingerprint density at radius 3 is 2.38 bits per heavy atom. The summed E-state index contributed by atoms with van der Waals surface area (Å²) in [5, 5.41) is 0. The summed E-state index contributed by atoms with van der Waals surface area (Å²) >= 11 is 0. The molecule has 1 aromatic rings. The van der Waals surface area contributed by atoms with Crippen LogP contribution < -0.4 is 10.9 Å². The van der Waals surface area contributed by atoms with Gasteiger partial charge >= 0.3 is 0 Å². The van der Waals surface area contributed by atoms with E-state index >= 15 is 0 Å². The zero-order chi connectivity index (χ0) is 12.3. The second-order valence-electron chi connectivity index (χ2n) is 4.18. The third-order valence-corrected chi connectivity index (χ3v) is 3.21. The Labute approximate surface area is 97.2 Å². The maximum Gasteiger partial charge on any atom is 0.241 e. The van der Waals surface area contributed by atoms with Crippen LogP contribution in [-0.4, -0.2) is 13.0 Å². The van der Waals surface area contributed by atoms with Gasteiger partial charge in [-0.3, -0.25) is 10.2 Å². The lowest BCUT2D eigenvalue weighted by molar-refractivity contribution is -0.123. The standard InChI is InChI=1S/C13H20N2O/c1-8-6-7-12(10(3)9(8)2)11(4)13(16)15-14-5/h6-7,11,14H,1-5H3,(H,15,16). The minimum Gasteiger partial charge on any atom is -0.291 e. The molecule has 16 heavy (non-hydrogen) atoms. The van der Waals surface area contributed by atoms with E-state index in [2.05, 4.69) is 37.7 Å². The number of hydrazine groups is 1. The van der Waals surface area contributed by atoms with E-state index in [1.54, 1.807) is 7.05 Å². The van der Waals surface area contributed by atoms with E-state index in [9.17, 15) is 4.79 Å². The van der Waals surface area contributed by atoms with Gasteiger partial charge in [0.1, 0.15) is 0 Å². The van der Waals surface area contributed by atoms with Crippen molar-refractivity contribution in [2.45, 2.75) is 33.6 Å². The quantitative estimate of drug-likeness (QED) is 0.765. The van der Waals surface area contributed by atoms with Crippen LogP contribution in [0.25, 0.3) is 0 Å². The van der Waals surface area contributed by atoms with Gasteiger partial charge in [-0.15, -0.1) is 0 Å². The molecule has 1 aromatic carbocycles. The number of nitrogens with one attached hydrogen (secondary N) is 2. The SMILES string of the molecule is CNNC(=O)C(C)c1ccc(C)c(C)c1C. The molecule has 0 heterocycles.